The fourth-order valence-corrected chi connectivity index (χ4v) is 1.43. The van der Waals surface area contributed by atoms with E-state index in [0.29, 0.717) is 0 Å². The normalized spacial score (nSPS) is 11.5. The Kier molecular flexibility index (Phi) is 2.13. The van der Waals surface area contributed by atoms with Gasteiger partial charge in [0, 0.05) is 17.8 Å². The molecule has 2 heteroatoms. The highest BCUT2D eigenvalue weighted by Crippen LogP contribution is 2.15. The monoisotopic (exact) mass is 172 g/mol. The van der Waals surface area contributed by atoms with Crippen molar-refractivity contribution in [3.63, 3.8) is 0 Å². The molecule has 0 saturated heterocycles. The van der Waals surface area contributed by atoms with E-state index in [1.807, 2.05) is 19.2 Å². The fraction of sp³-hybridized carbons (Fsp3) is 0.182. The Labute approximate surface area is 77.3 Å². The average Bonchev–Trinajstić information content (AvgIpc) is 2.58. The average molecular weight is 172 g/mol. The lowest BCUT2D eigenvalue weighted by atomic mass is 10.1. The lowest BCUT2D eigenvalue weighted by Crippen LogP contribution is -1.77. The number of hydrogen-bond donors (Lipinski definition) is 1. The molecule has 0 bridgehead atoms. The Bertz CT molecular complexity index is 426. The Balaban J connectivity index is 2.45. The predicted octanol–water partition coefficient (Wildman–Crippen LogP) is 2.68. The van der Waals surface area contributed by atoms with Gasteiger partial charge in [-0.15, -0.1) is 0 Å². The van der Waals surface area contributed by atoms with Crippen molar-refractivity contribution < 1.29 is 0 Å². The van der Waals surface area contributed by atoms with Crippen LogP contribution in [0.2, 0.25) is 0 Å². The molecule has 0 fully saturated rings. The Morgan fingerprint density at radius 2 is 2.46 bits per heavy atom. The van der Waals surface area contributed by atoms with E-state index in [2.05, 4.69) is 28.2 Å². The second-order valence-electron chi connectivity index (χ2n) is 2.99. The SMILES string of the molecule is C/C=C\Cc1c[nH]c2ncccc12. The van der Waals surface area contributed by atoms with Crippen molar-refractivity contribution >= 4 is 11.0 Å². The second-order valence-corrected chi connectivity index (χ2v) is 2.99. The zero-order chi connectivity index (χ0) is 9.10. The standard InChI is InChI=1S/C11H12N2/c1-2-3-5-9-8-13-11-10(9)6-4-7-12-11/h2-4,6-8H,5H2,1H3,(H,12,13)/b3-2-. The third-order valence-electron chi connectivity index (χ3n) is 2.11. The van der Waals surface area contributed by atoms with Crippen LogP contribution in [-0.4, -0.2) is 9.97 Å². The number of fused-ring (bicyclic) bond motifs is 1. The van der Waals surface area contributed by atoms with Crippen molar-refractivity contribution in [3.05, 3.63) is 42.2 Å². The van der Waals surface area contributed by atoms with E-state index in [4.69, 9.17) is 0 Å². The van der Waals surface area contributed by atoms with Crippen LogP contribution in [0.4, 0.5) is 0 Å². The van der Waals surface area contributed by atoms with E-state index in [1.54, 1.807) is 6.20 Å². The molecule has 66 valence electrons. The van der Waals surface area contributed by atoms with E-state index in [9.17, 15) is 0 Å². The first-order chi connectivity index (χ1) is 6.42. The van der Waals surface area contributed by atoms with Crippen molar-refractivity contribution in [1.29, 1.82) is 0 Å². The molecular formula is C11H12N2. The van der Waals surface area contributed by atoms with Crippen LogP contribution in [0, 0.1) is 0 Å². The van der Waals surface area contributed by atoms with E-state index < -0.39 is 0 Å². The molecule has 2 heterocycles. The van der Waals surface area contributed by atoms with Crippen LogP contribution in [0.5, 0.6) is 0 Å². The number of nitrogens with zero attached hydrogens (tertiary/aromatic N) is 1. The zero-order valence-corrected chi connectivity index (χ0v) is 7.62. The first-order valence-corrected chi connectivity index (χ1v) is 4.44. The summed E-state index contributed by atoms with van der Waals surface area (Å²) in [5, 5.41) is 1.22. The van der Waals surface area contributed by atoms with Gasteiger partial charge in [0.2, 0.25) is 0 Å². The fourth-order valence-electron chi connectivity index (χ4n) is 1.43. The van der Waals surface area contributed by atoms with Gasteiger partial charge in [0.05, 0.1) is 0 Å². The molecule has 13 heavy (non-hydrogen) atoms. The molecule has 0 aliphatic rings. The van der Waals surface area contributed by atoms with Crippen LogP contribution in [0.3, 0.4) is 0 Å². The maximum absolute atomic E-state index is 4.23. The first-order valence-electron chi connectivity index (χ1n) is 4.44. The molecule has 2 aromatic heterocycles. The van der Waals surface area contributed by atoms with Gasteiger partial charge >= 0.3 is 0 Å². The third-order valence-corrected chi connectivity index (χ3v) is 2.11. The van der Waals surface area contributed by atoms with Gasteiger partial charge in [-0.1, -0.05) is 12.2 Å². The van der Waals surface area contributed by atoms with Gasteiger partial charge in [-0.05, 0) is 31.0 Å². The van der Waals surface area contributed by atoms with Crippen molar-refractivity contribution in [3.8, 4) is 0 Å². The summed E-state index contributed by atoms with van der Waals surface area (Å²) < 4.78 is 0. The van der Waals surface area contributed by atoms with Gasteiger partial charge in [0.15, 0.2) is 0 Å². The lowest BCUT2D eigenvalue weighted by molar-refractivity contribution is 1.27. The van der Waals surface area contributed by atoms with Gasteiger partial charge in [-0.2, -0.15) is 0 Å². The Morgan fingerprint density at radius 1 is 1.54 bits per heavy atom. The number of aromatic nitrogens is 2. The minimum Gasteiger partial charge on any atom is -0.346 e. The topological polar surface area (TPSA) is 28.7 Å². The smallest absolute Gasteiger partial charge is 0.137 e. The van der Waals surface area contributed by atoms with Crippen molar-refractivity contribution in [2.75, 3.05) is 0 Å². The number of nitrogens with one attached hydrogen (secondary N) is 1. The van der Waals surface area contributed by atoms with Crippen LogP contribution in [0.1, 0.15) is 12.5 Å². The van der Waals surface area contributed by atoms with Crippen LogP contribution in [0.25, 0.3) is 11.0 Å². The molecule has 2 nitrogen and oxygen atoms in total. The minimum atomic E-state index is 0.974. The molecule has 0 spiro atoms. The number of hydrogen-bond acceptors (Lipinski definition) is 1. The van der Waals surface area contributed by atoms with E-state index in [-0.39, 0.29) is 0 Å². The largest absolute Gasteiger partial charge is 0.346 e. The molecule has 0 aliphatic carbocycles. The Morgan fingerprint density at radius 3 is 3.31 bits per heavy atom. The van der Waals surface area contributed by atoms with Crippen LogP contribution in [-0.2, 0) is 6.42 Å². The molecular weight excluding hydrogens is 160 g/mol. The number of aromatic amines is 1. The second kappa shape index (κ2) is 3.44. The summed E-state index contributed by atoms with van der Waals surface area (Å²) in [5.41, 5.74) is 2.28. The summed E-state index contributed by atoms with van der Waals surface area (Å²) in [4.78, 5) is 7.38. The van der Waals surface area contributed by atoms with Gasteiger partial charge in [-0.25, -0.2) is 4.98 Å². The number of allylic oxidation sites excluding steroid dienone is 2. The maximum atomic E-state index is 4.23. The number of pyridine rings is 1. The van der Waals surface area contributed by atoms with Crippen molar-refractivity contribution in [1.82, 2.24) is 9.97 Å². The van der Waals surface area contributed by atoms with Gasteiger partial charge in [0.25, 0.3) is 0 Å². The molecule has 0 atom stereocenters. The molecule has 0 radical (unpaired) electrons. The van der Waals surface area contributed by atoms with Crippen molar-refractivity contribution in [2.45, 2.75) is 13.3 Å². The number of H-pyrrole nitrogens is 1. The van der Waals surface area contributed by atoms with Gasteiger partial charge in [0.1, 0.15) is 5.65 Å². The molecule has 0 amide bonds. The highest BCUT2D eigenvalue weighted by molar-refractivity contribution is 5.79. The summed E-state index contributed by atoms with van der Waals surface area (Å²) >= 11 is 0. The molecule has 0 aromatic carbocycles. The summed E-state index contributed by atoms with van der Waals surface area (Å²) in [6.45, 7) is 2.03. The van der Waals surface area contributed by atoms with Crippen LogP contribution >= 0.6 is 0 Å². The molecule has 2 aromatic rings. The van der Waals surface area contributed by atoms with Crippen LogP contribution in [0.15, 0.2) is 36.7 Å². The third kappa shape index (κ3) is 1.47. The molecule has 1 N–H and O–H groups in total. The molecule has 0 saturated carbocycles. The predicted molar refractivity (Wildman–Crippen MR) is 54.6 cm³/mol. The molecule has 0 unspecified atom stereocenters. The number of rotatable bonds is 2. The van der Waals surface area contributed by atoms with Gasteiger partial charge in [-0.3, -0.25) is 0 Å². The Hall–Kier alpha value is -1.57. The first kappa shape index (κ1) is 8.05. The zero-order valence-electron chi connectivity index (χ0n) is 7.62. The summed E-state index contributed by atoms with van der Waals surface area (Å²) in [7, 11) is 0. The van der Waals surface area contributed by atoms with E-state index >= 15 is 0 Å². The highest BCUT2D eigenvalue weighted by atomic mass is 14.8. The minimum absolute atomic E-state index is 0.974. The quantitative estimate of drug-likeness (QED) is 0.693. The van der Waals surface area contributed by atoms with Crippen LogP contribution < -0.4 is 0 Å². The summed E-state index contributed by atoms with van der Waals surface area (Å²) in [6.07, 6.45) is 9.02. The maximum Gasteiger partial charge on any atom is 0.137 e. The van der Waals surface area contributed by atoms with Crippen molar-refractivity contribution in [2.24, 2.45) is 0 Å². The lowest BCUT2D eigenvalue weighted by Gasteiger charge is -1.91. The van der Waals surface area contributed by atoms with E-state index in [0.717, 1.165) is 12.1 Å². The summed E-state index contributed by atoms with van der Waals surface area (Å²) in [5.74, 6) is 0. The highest BCUT2D eigenvalue weighted by Gasteiger charge is 2.00. The van der Waals surface area contributed by atoms with Gasteiger partial charge < -0.3 is 4.98 Å². The molecule has 0 aliphatic heterocycles. The van der Waals surface area contributed by atoms with E-state index in [1.165, 1.54) is 10.9 Å². The summed E-state index contributed by atoms with van der Waals surface area (Å²) in [6, 6.07) is 4.06. The molecule has 2 rings (SSSR count).